The van der Waals surface area contributed by atoms with Gasteiger partial charge >= 0.3 is 0 Å². The van der Waals surface area contributed by atoms with Gasteiger partial charge in [-0.3, -0.25) is 9.59 Å². The van der Waals surface area contributed by atoms with Gasteiger partial charge in [0, 0.05) is 20.2 Å². The third-order valence-corrected chi connectivity index (χ3v) is 2.95. The smallest absolute Gasteiger partial charge is 0.249 e. The molecule has 0 aromatic rings. The van der Waals surface area contributed by atoms with E-state index in [1.807, 2.05) is 6.92 Å². The Hall–Kier alpha value is -1.10. The van der Waals surface area contributed by atoms with Gasteiger partial charge < -0.3 is 15.0 Å². The number of nitrogens with zero attached hydrogens (tertiary/aromatic N) is 1. The average molecular weight is 242 g/mol. The molecule has 1 unspecified atom stereocenters. The highest BCUT2D eigenvalue weighted by atomic mass is 16.5. The second kappa shape index (κ2) is 7.27. The number of piperidine rings is 1. The molecule has 1 N–H and O–H groups in total. The van der Waals surface area contributed by atoms with Crippen LogP contribution in [0.2, 0.25) is 0 Å². The topological polar surface area (TPSA) is 58.6 Å². The molecule has 1 aliphatic rings. The van der Waals surface area contributed by atoms with Crippen LogP contribution in [0.4, 0.5) is 0 Å². The van der Waals surface area contributed by atoms with Crippen LogP contribution < -0.4 is 5.32 Å². The minimum atomic E-state index is -0.313. The summed E-state index contributed by atoms with van der Waals surface area (Å²) in [6.45, 7) is 3.33. The molecule has 1 atom stereocenters. The van der Waals surface area contributed by atoms with Crippen molar-refractivity contribution < 1.29 is 14.3 Å². The van der Waals surface area contributed by atoms with Gasteiger partial charge in [-0.2, -0.15) is 0 Å². The summed E-state index contributed by atoms with van der Waals surface area (Å²) >= 11 is 0. The van der Waals surface area contributed by atoms with Gasteiger partial charge in [-0.25, -0.2) is 0 Å². The van der Waals surface area contributed by atoms with Crippen molar-refractivity contribution in [2.24, 2.45) is 0 Å². The average Bonchev–Trinajstić information content (AvgIpc) is 2.38. The molecule has 0 aliphatic carbocycles. The Kier molecular flexibility index (Phi) is 5.97. The van der Waals surface area contributed by atoms with Gasteiger partial charge in [0.25, 0.3) is 0 Å². The molecule has 17 heavy (non-hydrogen) atoms. The van der Waals surface area contributed by atoms with E-state index < -0.39 is 0 Å². The normalized spacial score (nSPS) is 20.1. The highest BCUT2D eigenvalue weighted by molar-refractivity contribution is 5.88. The SMILES string of the molecule is CCCOCC(=O)N1CCCCC1C(=O)NC. The maximum Gasteiger partial charge on any atom is 0.249 e. The molecule has 98 valence electrons. The number of ether oxygens (including phenoxy) is 1. The van der Waals surface area contributed by atoms with Crippen LogP contribution in [-0.4, -0.2) is 49.6 Å². The Labute approximate surface area is 102 Å². The number of amides is 2. The largest absolute Gasteiger partial charge is 0.372 e. The molecule has 5 nitrogen and oxygen atoms in total. The molecular formula is C12H22N2O3. The van der Waals surface area contributed by atoms with Crippen LogP contribution in [0.25, 0.3) is 0 Å². The molecule has 0 aromatic heterocycles. The van der Waals surface area contributed by atoms with Crippen molar-refractivity contribution in [2.75, 3.05) is 26.8 Å². The van der Waals surface area contributed by atoms with Gasteiger partial charge in [0.05, 0.1) is 0 Å². The van der Waals surface area contributed by atoms with Crippen molar-refractivity contribution >= 4 is 11.8 Å². The standard InChI is InChI=1S/C12H22N2O3/c1-3-8-17-9-11(15)14-7-5-4-6-10(14)12(16)13-2/h10H,3-9H2,1-2H3,(H,13,16). The van der Waals surface area contributed by atoms with E-state index in [0.717, 1.165) is 25.7 Å². The number of nitrogens with one attached hydrogen (secondary N) is 1. The summed E-state index contributed by atoms with van der Waals surface area (Å²) in [6.07, 6.45) is 3.61. The fourth-order valence-electron chi connectivity index (χ4n) is 2.06. The molecular weight excluding hydrogens is 220 g/mol. The van der Waals surface area contributed by atoms with Gasteiger partial charge in [-0.1, -0.05) is 6.92 Å². The molecule has 2 amide bonds. The van der Waals surface area contributed by atoms with Gasteiger partial charge in [0.1, 0.15) is 12.6 Å². The van der Waals surface area contributed by atoms with Crippen LogP contribution in [0, 0.1) is 0 Å². The molecule has 1 heterocycles. The van der Waals surface area contributed by atoms with E-state index in [9.17, 15) is 9.59 Å². The molecule has 1 rings (SSSR count). The number of carbonyl (C=O) groups is 2. The third kappa shape index (κ3) is 4.00. The predicted molar refractivity (Wildman–Crippen MR) is 64.5 cm³/mol. The number of hydrogen-bond donors (Lipinski definition) is 1. The lowest BCUT2D eigenvalue weighted by Gasteiger charge is -2.34. The Morgan fingerprint density at radius 1 is 1.41 bits per heavy atom. The first kappa shape index (κ1) is 14.0. The molecule has 1 aliphatic heterocycles. The number of hydrogen-bond acceptors (Lipinski definition) is 3. The summed E-state index contributed by atoms with van der Waals surface area (Å²) < 4.78 is 5.24. The minimum absolute atomic E-state index is 0.0754. The fourth-order valence-corrected chi connectivity index (χ4v) is 2.06. The van der Waals surface area contributed by atoms with Gasteiger partial charge in [-0.05, 0) is 25.7 Å². The molecule has 0 saturated carbocycles. The second-order valence-electron chi connectivity index (χ2n) is 4.27. The summed E-state index contributed by atoms with van der Waals surface area (Å²) in [5, 5.41) is 2.61. The molecule has 0 bridgehead atoms. The number of likely N-dealkylation sites (N-methyl/N-ethyl adjacent to an activating group) is 1. The van der Waals surface area contributed by atoms with E-state index in [1.165, 1.54) is 0 Å². The lowest BCUT2D eigenvalue weighted by atomic mass is 10.0. The van der Waals surface area contributed by atoms with Gasteiger partial charge in [0.15, 0.2) is 0 Å². The summed E-state index contributed by atoms with van der Waals surface area (Å²) in [4.78, 5) is 25.2. The Bertz CT molecular complexity index is 268. The van der Waals surface area contributed by atoms with Crippen molar-refractivity contribution in [1.29, 1.82) is 0 Å². The maximum atomic E-state index is 11.9. The first-order valence-electron chi connectivity index (χ1n) is 6.29. The van der Waals surface area contributed by atoms with Gasteiger partial charge in [-0.15, -0.1) is 0 Å². The summed E-state index contributed by atoms with van der Waals surface area (Å²) in [5.74, 6) is -0.153. The molecule has 1 fully saturated rings. The molecule has 0 spiro atoms. The van der Waals surface area contributed by atoms with Crippen LogP contribution in [-0.2, 0) is 14.3 Å². The number of likely N-dealkylation sites (tertiary alicyclic amines) is 1. The third-order valence-electron chi connectivity index (χ3n) is 2.95. The lowest BCUT2D eigenvalue weighted by molar-refractivity contribution is -0.145. The molecule has 0 radical (unpaired) electrons. The first-order chi connectivity index (χ1) is 8.20. The first-order valence-corrected chi connectivity index (χ1v) is 6.29. The summed E-state index contributed by atoms with van der Waals surface area (Å²) in [7, 11) is 1.60. The van der Waals surface area contributed by atoms with Crippen molar-refractivity contribution in [3.05, 3.63) is 0 Å². The highest BCUT2D eigenvalue weighted by Gasteiger charge is 2.31. The Morgan fingerprint density at radius 3 is 2.82 bits per heavy atom. The zero-order valence-electron chi connectivity index (χ0n) is 10.7. The van der Waals surface area contributed by atoms with Crippen LogP contribution in [0.15, 0.2) is 0 Å². The Balaban J connectivity index is 2.52. The zero-order chi connectivity index (χ0) is 12.7. The zero-order valence-corrected chi connectivity index (χ0v) is 10.7. The highest BCUT2D eigenvalue weighted by Crippen LogP contribution is 2.17. The van der Waals surface area contributed by atoms with E-state index in [0.29, 0.717) is 13.2 Å². The van der Waals surface area contributed by atoms with Gasteiger partial charge in [0.2, 0.25) is 11.8 Å². The van der Waals surface area contributed by atoms with Crippen LogP contribution in [0.1, 0.15) is 32.6 Å². The van der Waals surface area contributed by atoms with Crippen LogP contribution in [0.3, 0.4) is 0 Å². The van der Waals surface area contributed by atoms with Crippen molar-refractivity contribution in [2.45, 2.75) is 38.6 Å². The van der Waals surface area contributed by atoms with Crippen molar-refractivity contribution in [1.82, 2.24) is 10.2 Å². The summed E-state index contributed by atoms with van der Waals surface area (Å²) in [5.41, 5.74) is 0. The number of rotatable bonds is 5. The van der Waals surface area contributed by atoms with Crippen LogP contribution in [0.5, 0.6) is 0 Å². The monoisotopic (exact) mass is 242 g/mol. The lowest BCUT2D eigenvalue weighted by Crippen LogP contribution is -2.52. The van der Waals surface area contributed by atoms with Crippen LogP contribution >= 0.6 is 0 Å². The quantitative estimate of drug-likeness (QED) is 0.716. The van der Waals surface area contributed by atoms with Crippen molar-refractivity contribution in [3.8, 4) is 0 Å². The number of carbonyl (C=O) groups excluding carboxylic acids is 2. The maximum absolute atomic E-state index is 11.9. The van der Waals surface area contributed by atoms with E-state index in [1.54, 1.807) is 11.9 Å². The van der Waals surface area contributed by atoms with E-state index >= 15 is 0 Å². The minimum Gasteiger partial charge on any atom is -0.372 e. The van der Waals surface area contributed by atoms with E-state index in [2.05, 4.69) is 5.32 Å². The second-order valence-corrected chi connectivity index (χ2v) is 4.27. The fraction of sp³-hybridized carbons (Fsp3) is 0.833. The molecule has 5 heteroatoms. The van der Waals surface area contributed by atoms with E-state index in [4.69, 9.17) is 4.74 Å². The molecule has 0 aromatic carbocycles. The Morgan fingerprint density at radius 2 is 2.18 bits per heavy atom. The summed E-state index contributed by atoms with van der Waals surface area (Å²) in [6, 6.07) is -0.313. The predicted octanol–water partition coefficient (Wildman–Crippen LogP) is 0.540. The van der Waals surface area contributed by atoms with E-state index in [-0.39, 0.29) is 24.5 Å². The van der Waals surface area contributed by atoms with Crippen molar-refractivity contribution in [3.63, 3.8) is 0 Å². The molecule has 1 saturated heterocycles.